The summed E-state index contributed by atoms with van der Waals surface area (Å²) >= 11 is 0. The maximum atomic E-state index is 12.3. The molecule has 1 aromatic rings. The van der Waals surface area contributed by atoms with Crippen LogP contribution in [0.3, 0.4) is 0 Å². The van der Waals surface area contributed by atoms with Crippen molar-refractivity contribution in [3.63, 3.8) is 0 Å². The molecule has 0 aromatic heterocycles. The van der Waals surface area contributed by atoms with Crippen LogP contribution >= 0.6 is 7.37 Å². The van der Waals surface area contributed by atoms with E-state index in [1.807, 2.05) is 6.92 Å². The molecule has 0 fully saturated rings. The molecule has 0 radical (unpaired) electrons. The second-order valence-corrected chi connectivity index (χ2v) is 7.69. The summed E-state index contributed by atoms with van der Waals surface area (Å²) in [7, 11) is -2.00. The molecule has 2 unspecified atom stereocenters. The molecule has 0 bridgehead atoms. The summed E-state index contributed by atoms with van der Waals surface area (Å²) in [6.07, 6.45) is 2.22. The first kappa shape index (κ1) is 17.7. The van der Waals surface area contributed by atoms with Gasteiger partial charge in [-0.1, -0.05) is 32.8 Å². The average molecular weight is 313 g/mol. The molecule has 0 spiro atoms. The Labute approximate surface area is 125 Å². The number of nitrogens with one attached hydrogen (secondary N) is 1. The Balaban J connectivity index is 3.28. The number of nitro groups is 1. The van der Waals surface area contributed by atoms with Crippen molar-refractivity contribution in [3.05, 3.63) is 33.9 Å². The van der Waals surface area contributed by atoms with Crippen LogP contribution in [0.25, 0.3) is 0 Å². The lowest BCUT2D eigenvalue weighted by molar-refractivity contribution is -0.384. The Kier molecular flexibility index (Phi) is 6.37. The molecule has 0 saturated heterocycles. The number of benzene rings is 1. The topological polar surface area (TPSA) is 95.3 Å². The molecule has 0 aliphatic heterocycles. The summed E-state index contributed by atoms with van der Waals surface area (Å²) in [6.45, 7) is 3.61. The van der Waals surface area contributed by atoms with E-state index in [1.165, 1.54) is 6.07 Å². The fourth-order valence-electron chi connectivity index (χ4n) is 2.33. The molecule has 0 aliphatic rings. The standard InChI is InChI=1S/C14H23N2O4P/c1-4-6-7-14(21(19,20)5-2)11-8-9-12(15-3)13(10-11)16(17)18/h8-10,14-15H,4-7H2,1-3H3,(H,19,20)/p-1. The molecule has 7 heteroatoms. The normalized spacial score (nSPS) is 15.2. The van der Waals surface area contributed by atoms with Crippen molar-refractivity contribution in [2.45, 2.75) is 38.8 Å². The molecule has 118 valence electrons. The van der Waals surface area contributed by atoms with E-state index < -0.39 is 18.0 Å². The summed E-state index contributed by atoms with van der Waals surface area (Å²) in [5.41, 5.74) is 0.157. The lowest BCUT2D eigenvalue weighted by Crippen LogP contribution is -2.13. The molecular weight excluding hydrogens is 291 g/mol. The number of nitrogens with zero attached hydrogens (tertiary/aromatic N) is 1. The van der Waals surface area contributed by atoms with Crippen LogP contribution in [0.15, 0.2) is 18.2 Å². The summed E-state index contributed by atoms with van der Waals surface area (Å²) in [4.78, 5) is 22.9. The van der Waals surface area contributed by atoms with Crippen LogP contribution in [0.1, 0.15) is 44.3 Å². The van der Waals surface area contributed by atoms with Crippen molar-refractivity contribution in [1.29, 1.82) is 0 Å². The molecule has 0 saturated carbocycles. The van der Waals surface area contributed by atoms with Gasteiger partial charge in [0, 0.05) is 26.1 Å². The van der Waals surface area contributed by atoms with Crippen LogP contribution in [-0.4, -0.2) is 18.1 Å². The van der Waals surface area contributed by atoms with Crippen LogP contribution in [0.5, 0.6) is 0 Å². The minimum atomic E-state index is -3.60. The van der Waals surface area contributed by atoms with E-state index in [0.29, 0.717) is 17.7 Å². The van der Waals surface area contributed by atoms with Gasteiger partial charge in [-0.15, -0.1) is 0 Å². The first-order chi connectivity index (χ1) is 9.87. The minimum Gasteiger partial charge on any atom is -0.799 e. The maximum Gasteiger partial charge on any atom is 0.292 e. The largest absolute Gasteiger partial charge is 0.799 e. The van der Waals surface area contributed by atoms with E-state index in [-0.39, 0.29) is 11.8 Å². The lowest BCUT2D eigenvalue weighted by Gasteiger charge is -2.32. The number of hydrogen-bond donors (Lipinski definition) is 1. The van der Waals surface area contributed by atoms with Crippen LogP contribution in [0.4, 0.5) is 11.4 Å². The average Bonchev–Trinajstić information content (AvgIpc) is 2.47. The number of nitro benzene ring substituents is 1. The summed E-state index contributed by atoms with van der Waals surface area (Å²) < 4.78 is 12.3. The molecule has 0 amide bonds. The van der Waals surface area contributed by atoms with Gasteiger partial charge >= 0.3 is 0 Å². The Morgan fingerprint density at radius 3 is 2.52 bits per heavy atom. The lowest BCUT2D eigenvalue weighted by atomic mass is 10.1. The predicted octanol–water partition coefficient (Wildman–Crippen LogP) is 3.53. The van der Waals surface area contributed by atoms with E-state index in [4.69, 9.17) is 0 Å². The first-order valence-corrected chi connectivity index (χ1v) is 9.01. The van der Waals surface area contributed by atoms with Crippen molar-refractivity contribution < 1.29 is 14.4 Å². The molecule has 0 aliphatic carbocycles. The molecule has 21 heavy (non-hydrogen) atoms. The van der Waals surface area contributed by atoms with Crippen molar-refractivity contribution in [2.24, 2.45) is 0 Å². The summed E-state index contributed by atoms with van der Waals surface area (Å²) in [5, 5.41) is 13.9. The third-order valence-corrected chi connectivity index (χ3v) is 6.01. The van der Waals surface area contributed by atoms with Crippen LogP contribution in [0.2, 0.25) is 0 Å². The van der Waals surface area contributed by atoms with Gasteiger partial charge in [-0.2, -0.15) is 0 Å². The van der Waals surface area contributed by atoms with E-state index in [0.717, 1.165) is 12.8 Å². The highest BCUT2D eigenvalue weighted by Crippen LogP contribution is 2.54. The molecule has 2 atom stereocenters. The van der Waals surface area contributed by atoms with Gasteiger partial charge in [0.25, 0.3) is 5.69 Å². The second kappa shape index (κ2) is 7.57. The zero-order valence-corrected chi connectivity index (χ0v) is 13.6. The van der Waals surface area contributed by atoms with Gasteiger partial charge in [0.2, 0.25) is 0 Å². The van der Waals surface area contributed by atoms with E-state index in [9.17, 15) is 19.6 Å². The highest BCUT2D eigenvalue weighted by atomic mass is 31.2. The van der Waals surface area contributed by atoms with E-state index >= 15 is 0 Å². The number of unbranched alkanes of at least 4 members (excludes halogenated alkanes) is 1. The summed E-state index contributed by atoms with van der Waals surface area (Å²) in [6, 6.07) is 4.62. The molecule has 0 heterocycles. The third-order valence-electron chi connectivity index (χ3n) is 3.62. The monoisotopic (exact) mass is 313 g/mol. The Morgan fingerprint density at radius 2 is 2.05 bits per heavy atom. The van der Waals surface area contributed by atoms with Gasteiger partial charge in [-0.25, -0.2) is 0 Å². The molecule has 1 rings (SSSR count). The van der Waals surface area contributed by atoms with Crippen molar-refractivity contribution in [1.82, 2.24) is 0 Å². The number of anilines is 1. The second-order valence-electron chi connectivity index (χ2n) is 4.98. The van der Waals surface area contributed by atoms with Gasteiger partial charge in [0.15, 0.2) is 0 Å². The Hall–Kier alpha value is -1.39. The zero-order chi connectivity index (χ0) is 16.0. The highest BCUT2D eigenvalue weighted by molar-refractivity contribution is 7.56. The fraction of sp³-hybridized carbons (Fsp3) is 0.571. The molecular formula is C14H22N2O4P-. The van der Waals surface area contributed by atoms with Gasteiger partial charge in [0.05, 0.1) is 4.92 Å². The highest BCUT2D eigenvalue weighted by Gasteiger charge is 2.25. The van der Waals surface area contributed by atoms with Crippen LogP contribution in [0, 0.1) is 10.1 Å². The molecule has 1 N–H and O–H groups in total. The SMILES string of the molecule is CCCCC(c1ccc(NC)c([N+](=O)[O-])c1)P(=O)([O-])CC. The van der Waals surface area contributed by atoms with Crippen molar-refractivity contribution >= 4 is 18.7 Å². The predicted molar refractivity (Wildman–Crippen MR) is 83.1 cm³/mol. The van der Waals surface area contributed by atoms with Crippen molar-refractivity contribution in [3.8, 4) is 0 Å². The van der Waals surface area contributed by atoms with Crippen molar-refractivity contribution in [2.75, 3.05) is 18.5 Å². The van der Waals surface area contributed by atoms with Gasteiger partial charge in [0.1, 0.15) is 5.69 Å². The maximum absolute atomic E-state index is 12.3. The van der Waals surface area contributed by atoms with Crippen LogP contribution < -0.4 is 10.2 Å². The van der Waals surface area contributed by atoms with Crippen LogP contribution in [-0.2, 0) is 4.57 Å². The minimum absolute atomic E-state index is 0.0585. The van der Waals surface area contributed by atoms with E-state index in [1.54, 1.807) is 26.1 Å². The zero-order valence-electron chi connectivity index (χ0n) is 12.7. The molecule has 1 aromatic carbocycles. The third kappa shape index (κ3) is 4.29. The first-order valence-electron chi connectivity index (χ1n) is 7.13. The Bertz CT molecular complexity index is 548. The van der Waals surface area contributed by atoms with Gasteiger partial charge < -0.3 is 14.8 Å². The number of hydrogen-bond acceptors (Lipinski definition) is 5. The quantitative estimate of drug-likeness (QED) is 0.450. The Morgan fingerprint density at radius 1 is 1.38 bits per heavy atom. The fourth-order valence-corrected chi connectivity index (χ4v) is 3.96. The van der Waals surface area contributed by atoms with Gasteiger partial charge in [-0.05, 0) is 24.2 Å². The summed E-state index contributed by atoms with van der Waals surface area (Å²) in [5.74, 6) is 0. The number of rotatable bonds is 8. The van der Waals surface area contributed by atoms with E-state index in [2.05, 4.69) is 5.32 Å². The molecule has 6 nitrogen and oxygen atoms in total. The van der Waals surface area contributed by atoms with Gasteiger partial charge in [-0.3, -0.25) is 10.1 Å². The smallest absolute Gasteiger partial charge is 0.292 e.